The fourth-order valence-electron chi connectivity index (χ4n) is 2.83. The third-order valence-electron chi connectivity index (χ3n) is 3.93. The van der Waals surface area contributed by atoms with Crippen molar-refractivity contribution in [3.63, 3.8) is 0 Å². The standard InChI is InChI=1S/C16H24ClNO2/c1-12-5-4-8-18(10-12)11-14(17)13-6-7-15(19-2)16(9-13)20-3/h6-7,9,12,14H,4-5,8,10-11H2,1-3H3. The molecule has 1 aromatic rings. The van der Waals surface area contributed by atoms with Crippen LogP contribution in [0.2, 0.25) is 0 Å². The molecule has 0 bridgehead atoms. The van der Waals surface area contributed by atoms with E-state index in [2.05, 4.69) is 11.8 Å². The number of benzene rings is 1. The van der Waals surface area contributed by atoms with Crippen LogP contribution in [-0.4, -0.2) is 38.8 Å². The van der Waals surface area contributed by atoms with E-state index < -0.39 is 0 Å². The zero-order chi connectivity index (χ0) is 14.5. The quantitative estimate of drug-likeness (QED) is 0.773. The maximum Gasteiger partial charge on any atom is 0.161 e. The van der Waals surface area contributed by atoms with E-state index in [1.54, 1.807) is 14.2 Å². The number of likely N-dealkylation sites (tertiary alicyclic amines) is 1. The number of ether oxygens (including phenoxy) is 2. The molecule has 3 nitrogen and oxygen atoms in total. The first-order chi connectivity index (χ1) is 9.63. The van der Waals surface area contributed by atoms with Crippen molar-refractivity contribution >= 4 is 11.6 Å². The molecule has 1 saturated heterocycles. The Morgan fingerprint density at radius 3 is 2.70 bits per heavy atom. The van der Waals surface area contributed by atoms with Gasteiger partial charge in [-0.2, -0.15) is 0 Å². The van der Waals surface area contributed by atoms with Crippen LogP contribution >= 0.6 is 11.6 Å². The van der Waals surface area contributed by atoms with Crippen LogP contribution in [0.15, 0.2) is 18.2 Å². The average Bonchev–Trinajstić information content (AvgIpc) is 2.46. The molecule has 1 aliphatic heterocycles. The third-order valence-corrected chi connectivity index (χ3v) is 4.32. The number of alkyl halides is 1. The van der Waals surface area contributed by atoms with Gasteiger partial charge in [0.1, 0.15) is 0 Å². The maximum absolute atomic E-state index is 6.57. The number of nitrogens with zero attached hydrogens (tertiary/aromatic N) is 1. The molecule has 0 spiro atoms. The third kappa shape index (κ3) is 3.80. The van der Waals surface area contributed by atoms with Crippen molar-refractivity contribution in [1.82, 2.24) is 4.90 Å². The summed E-state index contributed by atoms with van der Waals surface area (Å²) in [4.78, 5) is 2.46. The number of hydrogen-bond donors (Lipinski definition) is 0. The van der Waals surface area contributed by atoms with Gasteiger partial charge in [-0.05, 0) is 43.0 Å². The summed E-state index contributed by atoms with van der Waals surface area (Å²) in [6, 6.07) is 5.92. The normalized spacial score (nSPS) is 21.5. The lowest BCUT2D eigenvalue weighted by molar-refractivity contribution is 0.184. The Morgan fingerprint density at radius 1 is 1.30 bits per heavy atom. The highest BCUT2D eigenvalue weighted by atomic mass is 35.5. The molecular weight excluding hydrogens is 274 g/mol. The predicted molar refractivity (Wildman–Crippen MR) is 83.0 cm³/mol. The first-order valence-corrected chi connectivity index (χ1v) is 7.66. The molecule has 20 heavy (non-hydrogen) atoms. The SMILES string of the molecule is COc1ccc(C(Cl)CN2CCCC(C)C2)cc1OC. The number of rotatable bonds is 5. The fourth-order valence-corrected chi connectivity index (χ4v) is 3.16. The minimum atomic E-state index is -0.0138. The molecule has 1 aliphatic rings. The molecule has 2 atom stereocenters. The summed E-state index contributed by atoms with van der Waals surface area (Å²) in [5.74, 6) is 2.26. The van der Waals surface area contributed by atoms with E-state index in [0.29, 0.717) is 0 Å². The molecule has 0 aliphatic carbocycles. The molecular formula is C16H24ClNO2. The molecule has 0 amide bonds. The van der Waals surface area contributed by atoms with Gasteiger partial charge in [-0.1, -0.05) is 13.0 Å². The molecule has 2 unspecified atom stereocenters. The number of piperidine rings is 1. The van der Waals surface area contributed by atoms with Gasteiger partial charge in [0.05, 0.1) is 19.6 Å². The summed E-state index contributed by atoms with van der Waals surface area (Å²) < 4.78 is 10.6. The van der Waals surface area contributed by atoms with Crippen molar-refractivity contribution in [2.45, 2.75) is 25.1 Å². The van der Waals surface area contributed by atoms with Gasteiger partial charge in [0.25, 0.3) is 0 Å². The van der Waals surface area contributed by atoms with Crippen LogP contribution in [-0.2, 0) is 0 Å². The van der Waals surface area contributed by atoms with Crippen molar-refractivity contribution in [2.24, 2.45) is 5.92 Å². The summed E-state index contributed by atoms with van der Waals surface area (Å²) in [6.07, 6.45) is 2.61. The highest BCUT2D eigenvalue weighted by Crippen LogP contribution is 2.33. The first-order valence-electron chi connectivity index (χ1n) is 7.22. The van der Waals surface area contributed by atoms with Gasteiger partial charge in [0, 0.05) is 13.1 Å². The zero-order valence-corrected chi connectivity index (χ0v) is 13.3. The molecule has 1 heterocycles. The van der Waals surface area contributed by atoms with Gasteiger partial charge >= 0.3 is 0 Å². The second kappa shape index (κ2) is 7.19. The minimum Gasteiger partial charge on any atom is -0.493 e. The number of hydrogen-bond acceptors (Lipinski definition) is 3. The van der Waals surface area contributed by atoms with Crippen LogP contribution in [0.4, 0.5) is 0 Å². The second-order valence-electron chi connectivity index (χ2n) is 5.59. The van der Waals surface area contributed by atoms with E-state index in [1.165, 1.54) is 12.8 Å². The van der Waals surface area contributed by atoms with Gasteiger partial charge in [0.15, 0.2) is 11.5 Å². The van der Waals surface area contributed by atoms with Crippen LogP contribution < -0.4 is 9.47 Å². The molecule has 0 N–H and O–H groups in total. The van der Waals surface area contributed by atoms with Crippen LogP contribution in [0.1, 0.15) is 30.7 Å². The number of halogens is 1. The maximum atomic E-state index is 6.57. The first kappa shape index (κ1) is 15.5. The van der Waals surface area contributed by atoms with E-state index in [9.17, 15) is 0 Å². The highest BCUT2D eigenvalue weighted by Gasteiger charge is 2.20. The Morgan fingerprint density at radius 2 is 2.05 bits per heavy atom. The molecule has 4 heteroatoms. The Hall–Kier alpha value is -0.930. The van der Waals surface area contributed by atoms with Crippen molar-refractivity contribution in [2.75, 3.05) is 33.9 Å². The van der Waals surface area contributed by atoms with Crippen LogP contribution in [0.25, 0.3) is 0 Å². The average molecular weight is 298 g/mol. The minimum absolute atomic E-state index is 0.0138. The lowest BCUT2D eigenvalue weighted by Gasteiger charge is -2.32. The van der Waals surface area contributed by atoms with Crippen molar-refractivity contribution in [1.29, 1.82) is 0 Å². The lowest BCUT2D eigenvalue weighted by Crippen LogP contribution is -2.36. The largest absolute Gasteiger partial charge is 0.493 e. The molecule has 0 aromatic heterocycles. The van der Waals surface area contributed by atoms with Crippen LogP contribution in [0.5, 0.6) is 11.5 Å². The Labute approximate surface area is 126 Å². The molecule has 112 valence electrons. The van der Waals surface area contributed by atoms with E-state index in [0.717, 1.165) is 42.6 Å². The summed E-state index contributed by atoms with van der Waals surface area (Å²) >= 11 is 6.57. The molecule has 1 aromatic carbocycles. The summed E-state index contributed by atoms with van der Waals surface area (Å²) in [5.41, 5.74) is 1.09. The van der Waals surface area contributed by atoms with Crippen molar-refractivity contribution in [3.8, 4) is 11.5 Å². The Kier molecular flexibility index (Phi) is 5.55. The fraction of sp³-hybridized carbons (Fsp3) is 0.625. The molecule has 0 radical (unpaired) electrons. The van der Waals surface area contributed by atoms with Gasteiger partial charge in [-0.3, -0.25) is 0 Å². The van der Waals surface area contributed by atoms with E-state index >= 15 is 0 Å². The molecule has 1 fully saturated rings. The molecule has 2 rings (SSSR count). The summed E-state index contributed by atoms with van der Waals surface area (Å²) in [7, 11) is 3.29. The second-order valence-corrected chi connectivity index (χ2v) is 6.12. The van der Waals surface area contributed by atoms with Gasteiger partial charge < -0.3 is 14.4 Å². The molecule has 0 saturated carbocycles. The van der Waals surface area contributed by atoms with E-state index in [-0.39, 0.29) is 5.38 Å². The van der Waals surface area contributed by atoms with Gasteiger partial charge in [-0.15, -0.1) is 11.6 Å². The monoisotopic (exact) mass is 297 g/mol. The lowest BCUT2D eigenvalue weighted by atomic mass is 9.99. The topological polar surface area (TPSA) is 21.7 Å². The van der Waals surface area contributed by atoms with Gasteiger partial charge in [-0.25, -0.2) is 0 Å². The van der Waals surface area contributed by atoms with E-state index in [1.807, 2.05) is 18.2 Å². The van der Waals surface area contributed by atoms with Gasteiger partial charge in [0.2, 0.25) is 0 Å². The van der Waals surface area contributed by atoms with Crippen LogP contribution in [0.3, 0.4) is 0 Å². The summed E-state index contributed by atoms with van der Waals surface area (Å²) in [6.45, 7) is 5.50. The van der Waals surface area contributed by atoms with E-state index in [4.69, 9.17) is 21.1 Å². The smallest absolute Gasteiger partial charge is 0.161 e. The highest BCUT2D eigenvalue weighted by molar-refractivity contribution is 6.21. The van der Waals surface area contributed by atoms with Crippen molar-refractivity contribution in [3.05, 3.63) is 23.8 Å². The summed E-state index contributed by atoms with van der Waals surface area (Å²) in [5, 5.41) is -0.0138. The number of methoxy groups -OCH3 is 2. The van der Waals surface area contributed by atoms with Crippen LogP contribution in [0, 0.1) is 5.92 Å². The Balaban J connectivity index is 2.03. The predicted octanol–water partition coefficient (Wildman–Crippen LogP) is 3.72. The van der Waals surface area contributed by atoms with Crippen molar-refractivity contribution < 1.29 is 9.47 Å². The Bertz CT molecular complexity index is 438. The zero-order valence-electron chi connectivity index (χ0n) is 12.6.